The number of rotatable bonds is 4. The van der Waals surface area contributed by atoms with E-state index >= 15 is 0 Å². The first-order chi connectivity index (χ1) is 10.5. The summed E-state index contributed by atoms with van der Waals surface area (Å²) in [5, 5.41) is 2.99. The number of halogens is 3. The maximum atomic E-state index is 13.5. The first kappa shape index (κ1) is 15.3. The molecule has 0 spiro atoms. The number of likely N-dealkylation sites (tertiary alicyclic amines) is 1. The molecule has 1 aromatic carbocycles. The molecule has 1 saturated carbocycles. The third kappa shape index (κ3) is 2.84. The molecule has 1 aliphatic carbocycles. The van der Waals surface area contributed by atoms with Gasteiger partial charge in [-0.25, -0.2) is 13.2 Å². The van der Waals surface area contributed by atoms with Gasteiger partial charge in [0.1, 0.15) is 0 Å². The van der Waals surface area contributed by atoms with E-state index in [-0.39, 0.29) is 23.9 Å². The van der Waals surface area contributed by atoms with Gasteiger partial charge in [-0.15, -0.1) is 0 Å². The molecular weight excluding hydrogens is 293 g/mol. The molecule has 1 amide bonds. The zero-order valence-corrected chi connectivity index (χ0v) is 12.4. The van der Waals surface area contributed by atoms with Crippen LogP contribution in [0.1, 0.15) is 37.8 Å². The molecule has 1 saturated heterocycles. The molecule has 22 heavy (non-hydrogen) atoms. The van der Waals surface area contributed by atoms with E-state index in [9.17, 15) is 18.0 Å². The van der Waals surface area contributed by atoms with E-state index in [1.165, 1.54) is 0 Å². The van der Waals surface area contributed by atoms with Crippen molar-refractivity contribution in [3.63, 3.8) is 0 Å². The smallest absolute Gasteiger partial charge is 0.223 e. The Bertz CT molecular complexity index is 566. The van der Waals surface area contributed by atoms with Crippen molar-refractivity contribution in [1.29, 1.82) is 0 Å². The van der Waals surface area contributed by atoms with Crippen LogP contribution in [-0.2, 0) is 4.79 Å². The molecule has 0 unspecified atom stereocenters. The van der Waals surface area contributed by atoms with Gasteiger partial charge < -0.3 is 5.32 Å². The summed E-state index contributed by atoms with van der Waals surface area (Å²) in [7, 11) is 0. The van der Waals surface area contributed by atoms with Gasteiger partial charge in [0.15, 0.2) is 17.5 Å². The fraction of sp³-hybridized carbons (Fsp3) is 0.562. The summed E-state index contributed by atoms with van der Waals surface area (Å²) in [5.41, 5.74) is 0.372. The minimum Gasteiger partial charge on any atom is -0.351 e. The molecule has 0 aromatic heterocycles. The normalized spacial score (nSPS) is 25.5. The van der Waals surface area contributed by atoms with Gasteiger partial charge in [-0.1, -0.05) is 6.92 Å². The Kier molecular flexibility index (Phi) is 4.12. The SMILES string of the molecule is CCN1CC[C@@H](NC(=O)C2CC2)[C@H]1c1cc(F)c(F)c(F)c1. The molecule has 1 N–H and O–H groups in total. The van der Waals surface area contributed by atoms with Gasteiger partial charge in [0.25, 0.3) is 0 Å². The highest BCUT2D eigenvalue weighted by Crippen LogP contribution is 2.35. The van der Waals surface area contributed by atoms with Crippen LogP contribution in [0.5, 0.6) is 0 Å². The first-order valence-corrected chi connectivity index (χ1v) is 7.70. The molecule has 3 rings (SSSR count). The number of hydrogen-bond donors (Lipinski definition) is 1. The molecule has 6 heteroatoms. The van der Waals surface area contributed by atoms with E-state index in [1.807, 2.05) is 11.8 Å². The third-order valence-corrected chi connectivity index (χ3v) is 4.53. The number of nitrogens with zero attached hydrogens (tertiary/aromatic N) is 1. The summed E-state index contributed by atoms with van der Waals surface area (Å²) in [5.74, 6) is -3.74. The monoisotopic (exact) mass is 312 g/mol. The van der Waals surface area contributed by atoms with Crippen LogP contribution in [0.15, 0.2) is 12.1 Å². The zero-order chi connectivity index (χ0) is 15.9. The fourth-order valence-electron chi connectivity index (χ4n) is 3.20. The summed E-state index contributed by atoms with van der Waals surface area (Å²) >= 11 is 0. The van der Waals surface area contributed by atoms with E-state index in [4.69, 9.17) is 0 Å². The quantitative estimate of drug-likeness (QED) is 0.867. The van der Waals surface area contributed by atoms with Crippen molar-refractivity contribution in [3.05, 3.63) is 35.1 Å². The van der Waals surface area contributed by atoms with Crippen molar-refractivity contribution in [2.75, 3.05) is 13.1 Å². The highest BCUT2D eigenvalue weighted by Gasteiger charge is 2.39. The molecule has 1 aromatic rings. The topological polar surface area (TPSA) is 32.3 Å². The van der Waals surface area contributed by atoms with Gasteiger partial charge >= 0.3 is 0 Å². The van der Waals surface area contributed by atoms with Crippen LogP contribution >= 0.6 is 0 Å². The number of carbonyl (C=O) groups is 1. The fourth-order valence-corrected chi connectivity index (χ4v) is 3.20. The standard InChI is InChI=1S/C16H19F3N2O/c1-2-21-6-5-13(20-16(22)9-3-4-9)15(21)10-7-11(17)14(19)12(18)8-10/h7-9,13,15H,2-6H2,1H3,(H,20,22)/t13-,15-/m1/s1. The molecule has 3 nitrogen and oxygen atoms in total. The second-order valence-electron chi connectivity index (χ2n) is 6.05. The van der Waals surface area contributed by atoms with Crippen molar-refractivity contribution in [3.8, 4) is 0 Å². The predicted octanol–water partition coefficient (Wildman–Crippen LogP) is 2.77. The van der Waals surface area contributed by atoms with Crippen molar-refractivity contribution < 1.29 is 18.0 Å². The van der Waals surface area contributed by atoms with E-state index in [0.29, 0.717) is 12.1 Å². The summed E-state index contributed by atoms with van der Waals surface area (Å²) in [6, 6.07) is 1.55. The lowest BCUT2D eigenvalue weighted by Gasteiger charge is -2.28. The summed E-state index contributed by atoms with van der Waals surface area (Å²) < 4.78 is 40.2. The number of amides is 1. The van der Waals surface area contributed by atoms with Crippen LogP contribution in [0.2, 0.25) is 0 Å². The van der Waals surface area contributed by atoms with Gasteiger partial charge in [-0.3, -0.25) is 9.69 Å². The Balaban J connectivity index is 1.87. The number of likely N-dealkylation sites (N-methyl/N-ethyl adjacent to an activating group) is 1. The van der Waals surface area contributed by atoms with Crippen LogP contribution in [0, 0.1) is 23.4 Å². The van der Waals surface area contributed by atoms with Crippen molar-refractivity contribution >= 4 is 5.91 Å². The Morgan fingerprint density at radius 2 is 1.86 bits per heavy atom. The van der Waals surface area contributed by atoms with Crippen LogP contribution in [0.3, 0.4) is 0 Å². The molecule has 0 radical (unpaired) electrons. The van der Waals surface area contributed by atoms with Crippen molar-refractivity contribution in [1.82, 2.24) is 10.2 Å². The van der Waals surface area contributed by atoms with Gasteiger partial charge in [0, 0.05) is 18.5 Å². The molecule has 2 fully saturated rings. The number of nitrogens with one attached hydrogen (secondary N) is 1. The second kappa shape index (κ2) is 5.91. The first-order valence-electron chi connectivity index (χ1n) is 7.70. The summed E-state index contributed by atoms with van der Waals surface area (Å²) in [4.78, 5) is 14.0. The van der Waals surface area contributed by atoms with Gasteiger partial charge in [0.2, 0.25) is 5.91 Å². The van der Waals surface area contributed by atoms with E-state index in [1.54, 1.807) is 0 Å². The zero-order valence-electron chi connectivity index (χ0n) is 12.4. The van der Waals surface area contributed by atoms with Gasteiger partial charge in [-0.2, -0.15) is 0 Å². The Morgan fingerprint density at radius 3 is 2.41 bits per heavy atom. The highest BCUT2D eigenvalue weighted by molar-refractivity contribution is 5.81. The van der Waals surface area contributed by atoms with E-state index in [0.717, 1.165) is 37.9 Å². The lowest BCUT2D eigenvalue weighted by molar-refractivity contribution is -0.123. The number of carbonyl (C=O) groups excluding carboxylic acids is 1. The molecule has 1 aliphatic heterocycles. The predicted molar refractivity (Wildman–Crippen MR) is 75.6 cm³/mol. The minimum atomic E-state index is -1.46. The third-order valence-electron chi connectivity index (χ3n) is 4.53. The lowest BCUT2D eigenvalue weighted by Crippen LogP contribution is -2.40. The molecule has 2 aliphatic rings. The maximum absolute atomic E-state index is 13.5. The number of benzene rings is 1. The van der Waals surface area contributed by atoms with Gasteiger partial charge in [0.05, 0.1) is 6.04 Å². The molecule has 120 valence electrons. The average Bonchev–Trinajstić information content (AvgIpc) is 3.26. The summed E-state index contributed by atoms with van der Waals surface area (Å²) in [6.07, 6.45) is 2.53. The summed E-state index contributed by atoms with van der Waals surface area (Å²) in [6.45, 7) is 3.38. The Morgan fingerprint density at radius 1 is 1.23 bits per heavy atom. The minimum absolute atomic E-state index is 0.0102. The molecule has 0 bridgehead atoms. The molecule has 1 heterocycles. The van der Waals surface area contributed by atoms with Crippen LogP contribution in [0.4, 0.5) is 13.2 Å². The molecular formula is C16H19F3N2O. The van der Waals surface area contributed by atoms with Crippen LogP contribution in [-0.4, -0.2) is 29.9 Å². The van der Waals surface area contributed by atoms with E-state index < -0.39 is 17.5 Å². The largest absolute Gasteiger partial charge is 0.351 e. The maximum Gasteiger partial charge on any atom is 0.223 e. The Hall–Kier alpha value is -1.56. The van der Waals surface area contributed by atoms with Crippen LogP contribution < -0.4 is 5.32 Å². The second-order valence-corrected chi connectivity index (χ2v) is 6.05. The highest BCUT2D eigenvalue weighted by atomic mass is 19.2. The Labute approximate surface area is 127 Å². The average molecular weight is 312 g/mol. The lowest BCUT2D eigenvalue weighted by atomic mass is 9.99. The van der Waals surface area contributed by atoms with Crippen LogP contribution in [0.25, 0.3) is 0 Å². The number of hydrogen-bond acceptors (Lipinski definition) is 2. The molecule has 2 atom stereocenters. The van der Waals surface area contributed by atoms with Gasteiger partial charge in [-0.05, 0) is 43.5 Å². The van der Waals surface area contributed by atoms with E-state index in [2.05, 4.69) is 5.32 Å². The van der Waals surface area contributed by atoms with Crippen molar-refractivity contribution in [2.24, 2.45) is 5.92 Å². The van der Waals surface area contributed by atoms with Crippen molar-refractivity contribution in [2.45, 2.75) is 38.3 Å².